The van der Waals surface area contributed by atoms with E-state index in [4.69, 9.17) is 4.74 Å². The van der Waals surface area contributed by atoms with Crippen molar-refractivity contribution >= 4 is 5.78 Å². The third-order valence-electron chi connectivity index (χ3n) is 3.35. The molecular weight excluding hydrogens is 255 g/mol. The molecule has 0 fully saturated rings. The number of rotatable bonds is 3. The first-order valence-corrected chi connectivity index (χ1v) is 6.40. The van der Waals surface area contributed by atoms with Crippen LogP contribution in [-0.2, 0) is 0 Å². The van der Waals surface area contributed by atoms with Crippen LogP contribution in [-0.4, -0.2) is 12.9 Å². The maximum atomic E-state index is 14.0. The highest BCUT2D eigenvalue weighted by Gasteiger charge is 2.12. The van der Waals surface area contributed by atoms with Crippen molar-refractivity contribution in [3.63, 3.8) is 0 Å². The third kappa shape index (κ3) is 2.57. The Morgan fingerprint density at radius 2 is 1.70 bits per heavy atom. The first-order valence-electron chi connectivity index (χ1n) is 6.40. The number of carbonyl (C=O) groups excluding carboxylic acids is 1. The molecule has 2 aromatic carbocycles. The van der Waals surface area contributed by atoms with E-state index < -0.39 is 0 Å². The maximum Gasteiger partial charge on any atom is 0.159 e. The Kier molecular flexibility index (Phi) is 3.89. The first kappa shape index (κ1) is 14.3. The average molecular weight is 272 g/mol. The molecule has 0 bridgehead atoms. The fraction of sp³-hybridized carbons (Fsp3) is 0.235. The lowest BCUT2D eigenvalue weighted by atomic mass is 9.97. The number of aryl methyl sites for hydroxylation is 2. The molecule has 0 N–H and O–H groups in total. The summed E-state index contributed by atoms with van der Waals surface area (Å²) in [5, 5.41) is 0. The quantitative estimate of drug-likeness (QED) is 0.778. The van der Waals surface area contributed by atoms with E-state index in [9.17, 15) is 9.18 Å². The van der Waals surface area contributed by atoms with Gasteiger partial charge in [-0.1, -0.05) is 0 Å². The standard InChI is InChI=1S/C17H17FO2/c1-10-7-14(8-11(2)17(10)20-4)15-9-13(12(3)19)5-6-16(15)18/h5-9H,1-4H3. The van der Waals surface area contributed by atoms with Crippen LogP contribution in [0.1, 0.15) is 28.4 Å². The lowest BCUT2D eigenvalue weighted by Crippen LogP contribution is -1.96. The monoisotopic (exact) mass is 272 g/mol. The zero-order valence-electron chi connectivity index (χ0n) is 12.1. The molecule has 0 aliphatic rings. The number of ether oxygens (including phenoxy) is 1. The maximum absolute atomic E-state index is 14.0. The highest BCUT2D eigenvalue weighted by molar-refractivity contribution is 5.95. The topological polar surface area (TPSA) is 26.3 Å². The molecule has 0 spiro atoms. The predicted octanol–water partition coefficient (Wildman–Crippen LogP) is 4.32. The molecule has 20 heavy (non-hydrogen) atoms. The number of hydrogen-bond donors (Lipinski definition) is 0. The van der Waals surface area contributed by atoms with Crippen molar-refractivity contribution < 1.29 is 13.9 Å². The SMILES string of the molecule is COc1c(C)cc(-c2cc(C(C)=O)ccc2F)cc1C. The molecule has 0 saturated heterocycles. The summed E-state index contributed by atoms with van der Waals surface area (Å²) in [6, 6.07) is 8.17. The van der Waals surface area contributed by atoms with E-state index in [0.29, 0.717) is 11.1 Å². The second kappa shape index (κ2) is 5.45. The molecule has 0 saturated carbocycles. The van der Waals surface area contributed by atoms with Crippen LogP contribution < -0.4 is 4.74 Å². The Morgan fingerprint density at radius 1 is 1.10 bits per heavy atom. The molecule has 104 valence electrons. The second-order valence-electron chi connectivity index (χ2n) is 4.89. The van der Waals surface area contributed by atoms with E-state index in [1.807, 2.05) is 26.0 Å². The zero-order valence-corrected chi connectivity index (χ0v) is 12.1. The largest absolute Gasteiger partial charge is 0.496 e. The van der Waals surface area contributed by atoms with Gasteiger partial charge in [0.05, 0.1) is 7.11 Å². The van der Waals surface area contributed by atoms with E-state index in [-0.39, 0.29) is 11.6 Å². The number of Topliss-reactive ketones (excluding diaryl/α,β-unsaturated/α-hetero) is 1. The van der Waals surface area contributed by atoms with Crippen molar-refractivity contribution in [2.45, 2.75) is 20.8 Å². The van der Waals surface area contributed by atoms with E-state index in [1.54, 1.807) is 13.2 Å². The van der Waals surface area contributed by atoms with E-state index in [0.717, 1.165) is 22.4 Å². The lowest BCUT2D eigenvalue weighted by molar-refractivity contribution is 0.101. The van der Waals surface area contributed by atoms with Gasteiger partial charge in [0.25, 0.3) is 0 Å². The molecule has 0 aliphatic carbocycles. The summed E-state index contributed by atoms with van der Waals surface area (Å²) in [5.41, 5.74) is 3.57. The van der Waals surface area contributed by atoms with Gasteiger partial charge in [-0.05, 0) is 67.8 Å². The minimum absolute atomic E-state index is 0.0757. The Morgan fingerprint density at radius 3 is 2.20 bits per heavy atom. The molecule has 3 heteroatoms. The minimum Gasteiger partial charge on any atom is -0.496 e. The summed E-state index contributed by atoms with van der Waals surface area (Å²) in [6.07, 6.45) is 0. The van der Waals surface area contributed by atoms with Gasteiger partial charge in [0.1, 0.15) is 11.6 Å². The number of carbonyl (C=O) groups is 1. The minimum atomic E-state index is -0.334. The Hall–Kier alpha value is -2.16. The first-order chi connectivity index (χ1) is 9.43. The summed E-state index contributed by atoms with van der Waals surface area (Å²) < 4.78 is 19.3. The van der Waals surface area contributed by atoms with Crippen LogP contribution in [0, 0.1) is 19.7 Å². The lowest BCUT2D eigenvalue weighted by Gasteiger charge is -2.12. The summed E-state index contributed by atoms with van der Waals surface area (Å²) in [5.74, 6) is 0.393. The van der Waals surface area contributed by atoms with Crippen LogP contribution in [0.3, 0.4) is 0 Å². The van der Waals surface area contributed by atoms with Crippen LogP contribution in [0.4, 0.5) is 4.39 Å². The van der Waals surface area contributed by atoms with Gasteiger partial charge in [0.2, 0.25) is 0 Å². The van der Waals surface area contributed by atoms with E-state index >= 15 is 0 Å². The second-order valence-corrected chi connectivity index (χ2v) is 4.89. The molecule has 0 radical (unpaired) electrons. The predicted molar refractivity (Wildman–Crippen MR) is 77.9 cm³/mol. The highest BCUT2D eigenvalue weighted by atomic mass is 19.1. The Balaban J connectivity index is 2.62. The van der Waals surface area contributed by atoms with Crippen LogP contribution >= 0.6 is 0 Å². The van der Waals surface area contributed by atoms with Gasteiger partial charge in [-0.15, -0.1) is 0 Å². The molecule has 2 rings (SSSR count). The summed E-state index contributed by atoms with van der Waals surface area (Å²) in [4.78, 5) is 11.4. The van der Waals surface area contributed by atoms with Crippen molar-refractivity contribution in [3.05, 3.63) is 52.8 Å². The molecule has 0 unspecified atom stereocenters. The molecule has 2 aromatic rings. The molecule has 2 nitrogen and oxygen atoms in total. The molecule has 0 amide bonds. The smallest absolute Gasteiger partial charge is 0.159 e. The van der Waals surface area contributed by atoms with Gasteiger partial charge in [-0.25, -0.2) is 4.39 Å². The third-order valence-corrected chi connectivity index (χ3v) is 3.35. The van der Waals surface area contributed by atoms with Gasteiger partial charge in [-0.2, -0.15) is 0 Å². The number of hydrogen-bond acceptors (Lipinski definition) is 2. The van der Waals surface area contributed by atoms with Gasteiger partial charge < -0.3 is 4.74 Å². The molecular formula is C17H17FO2. The van der Waals surface area contributed by atoms with Crippen molar-refractivity contribution in [2.75, 3.05) is 7.11 Å². The van der Waals surface area contributed by atoms with Crippen LogP contribution in [0.2, 0.25) is 0 Å². The highest BCUT2D eigenvalue weighted by Crippen LogP contribution is 2.31. The number of halogens is 1. The molecule has 0 heterocycles. The van der Waals surface area contributed by atoms with Gasteiger partial charge in [0, 0.05) is 11.1 Å². The number of methoxy groups -OCH3 is 1. The zero-order chi connectivity index (χ0) is 14.9. The van der Waals surface area contributed by atoms with Crippen LogP contribution in [0.5, 0.6) is 5.75 Å². The number of ketones is 1. The van der Waals surface area contributed by atoms with Gasteiger partial charge in [0.15, 0.2) is 5.78 Å². The summed E-state index contributed by atoms with van der Waals surface area (Å²) in [7, 11) is 1.62. The van der Waals surface area contributed by atoms with E-state index in [1.165, 1.54) is 19.1 Å². The van der Waals surface area contributed by atoms with E-state index in [2.05, 4.69) is 0 Å². The fourth-order valence-corrected chi connectivity index (χ4v) is 2.39. The summed E-state index contributed by atoms with van der Waals surface area (Å²) >= 11 is 0. The van der Waals surface area contributed by atoms with Crippen LogP contribution in [0.15, 0.2) is 30.3 Å². The molecule has 0 aromatic heterocycles. The Bertz CT molecular complexity index is 652. The Labute approximate surface area is 118 Å². The van der Waals surface area contributed by atoms with Crippen molar-refractivity contribution in [1.29, 1.82) is 0 Å². The summed E-state index contributed by atoms with van der Waals surface area (Å²) in [6.45, 7) is 5.31. The van der Waals surface area contributed by atoms with Gasteiger partial charge >= 0.3 is 0 Å². The normalized spacial score (nSPS) is 10.4. The van der Waals surface area contributed by atoms with Crippen molar-refractivity contribution in [1.82, 2.24) is 0 Å². The van der Waals surface area contributed by atoms with Crippen LogP contribution in [0.25, 0.3) is 11.1 Å². The molecule has 0 aliphatic heterocycles. The number of benzene rings is 2. The van der Waals surface area contributed by atoms with Crippen molar-refractivity contribution in [2.24, 2.45) is 0 Å². The average Bonchev–Trinajstić information content (AvgIpc) is 2.38. The van der Waals surface area contributed by atoms with Gasteiger partial charge in [-0.3, -0.25) is 4.79 Å². The molecule has 0 atom stereocenters. The van der Waals surface area contributed by atoms with Crippen molar-refractivity contribution in [3.8, 4) is 16.9 Å². The fourth-order valence-electron chi connectivity index (χ4n) is 2.39.